The van der Waals surface area contributed by atoms with Crippen LogP contribution in [0.1, 0.15) is 51.3 Å². The van der Waals surface area contributed by atoms with Crippen molar-refractivity contribution in [2.24, 2.45) is 5.92 Å². The number of aromatic hydroxyl groups is 1. The average molecular weight is 433 g/mol. The average Bonchev–Trinajstić information content (AvgIpc) is 2.67. The first-order valence-electron chi connectivity index (χ1n) is 9.73. The van der Waals surface area contributed by atoms with E-state index in [0.29, 0.717) is 23.9 Å². The van der Waals surface area contributed by atoms with E-state index in [1.54, 1.807) is 0 Å². The van der Waals surface area contributed by atoms with Crippen LogP contribution in [0.15, 0.2) is 33.3 Å². The number of benzene rings is 1. The third kappa shape index (κ3) is 4.75. The Morgan fingerprint density at radius 1 is 1.31 bits per heavy atom. The Balaban J connectivity index is 2.02. The molecule has 1 aromatic heterocycles. The van der Waals surface area contributed by atoms with Gasteiger partial charge in [0.2, 0.25) is 0 Å². The van der Waals surface area contributed by atoms with Gasteiger partial charge in [-0.25, -0.2) is 4.68 Å². The minimum absolute atomic E-state index is 0.00366. The van der Waals surface area contributed by atoms with Gasteiger partial charge in [-0.15, -0.1) is 0 Å². The first-order chi connectivity index (χ1) is 13.8. The summed E-state index contributed by atoms with van der Waals surface area (Å²) in [5.41, 5.74) is 3.11. The van der Waals surface area contributed by atoms with Crippen molar-refractivity contribution in [3.05, 3.63) is 45.2 Å². The summed E-state index contributed by atoms with van der Waals surface area (Å²) >= 11 is 3.07. The first kappa shape index (κ1) is 21.6. The standard InChI is InChI=1S/C21H28N4O2S2/c1-12(2)8-9-25-21(27)18(20(26)19(23-25)13(3)4)16-11-29-17-10-14(24-28-5)6-7-15(17)22-16/h6-7,10-13,22,24,26H,8-9H2,1-5H3. The van der Waals surface area contributed by atoms with Gasteiger partial charge in [0, 0.05) is 34.7 Å². The molecule has 0 saturated heterocycles. The highest BCUT2D eigenvalue weighted by molar-refractivity contribution is 8.02. The predicted molar refractivity (Wildman–Crippen MR) is 125 cm³/mol. The summed E-state index contributed by atoms with van der Waals surface area (Å²) < 4.78 is 4.72. The minimum Gasteiger partial charge on any atom is -0.505 e. The number of aromatic nitrogens is 2. The smallest absolute Gasteiger partial charge is 0.279 e. The van der Waals surface area contributed by atoms with Crippen LogP contribution in [0.5, 0.6) is 5.75 Å². The molecule has 0 spiro atoms. The molecular formula is C21H28N4O2S2. The van der Waals surface area contributed by atoms with Crippen molar-refractivity contribution in [2.45, 2.75) is 51.5 Å². The highest BCUT2D eigenvalue weighted by atomic mass is 32.2. The number of thioether (sulfide) groups is 1. The molecular weight excluding hydrogens is 404 g/mol. The van der Waals surface area contributed by atoms with E-state index in [4.69, 9.17) is 0 Å². The second-order valence-electron chi connectivity index (χ2n) is 7.77. The fraction of sp³-hybridized carbons (Fsp3) is 0.429. The van der Waals surface area contributed by atoms with Gasteiger partial charge < -0.3 is 15.1 Å². The third-order valence-electron chi connectivity index (χ3n) is 4.67. The Morgan fingerprint density at radius 2 is 2.07 bits per heavy atom. The van der Waals surface area contributed by atoms with Gasteiger partial charge in [-0.3, -0.25) is 4.79 Å². The Morgan fingerprint density at radius 3 is 2.72 bits per heavy atom. The maximum atomic E-state index is 13.2. The maximum absolute atomic E-state index is 13.2. The van der Waals surface area contributed by atoms with Crippen LogP contribution in [0.4, 0.5) is 11.4 Å². The highest BCUT2D eigenvalue weighted by Gasteiger charge is 2.24. The van der Waals surface area contributed by atoms with Crippen LogP contribution >= 0.6 is 23.7 Å². The Labute approximate surface area is 180 Å². The van der Waals surface area contributed by atoms with Gasteiger partial charge in [0.1, 0.15) is 11.3 Å². The first-order valence-corrected chi connectivity index (χ1v) is 11.8. The molecule has 0 saturated carbocycles. The van der Waals surface area contributed by atoms with Crippen LogP contribution in [0.25, 0.3) is 5.70 Å². The van der Waals surface area contributed by atoms with Gasteiger partial charge in [0.25, 0.3) is 5.56 Å². The quantitative estimate of drug-likeness (QED) is 0.511. The van der Waals surface area contributed by atoms with E-state index in [1.165, 1.54) is 28.4 Å². The Bertz CT molecular complexity index is 983. The second kappa shape index (κ2) is 9.17. The normalized spacial score (nSPS) is 13.3. The van der Waals surface area contributed by atoms with Crippen LogP contribution in [0, 0.1) is 5.92 Å². The summed E-state index contributed by atoms with van der Waals surface area (Å²) in [4.78, 5) is 14.2. The molecule has 0 fully saturated rings. The predicted octanol–water partition coefficient (Wildman–Crippen LogP) is 5.32. The number of rotatable bonds is 7. The van der Waals surface area contributed by atoms with Crippen molar-refractivity contribution in [3.8, 4) is 5.75 Å². The molecule has 1 aromatic carbocycles. The van der Waals surface area contributed by atoms with Gasteiger partial charge in [-0.2, -0.15) is 5.10 Å². The van der Waals surface area contributed by atoms with E-state index >= 15 is 0 Å². The number of hydrogen-bond donors (Lipinski definition) is 3. The van der Waals surface area contributed by atoms with E-state index in [9.17, 15) is 9.90 Å². The molecule has 2 aromatic rings. The lowest BCUT2D eigenvalue weighted by molar-refractivity contribution is 0.423. The SMILES string of the molecule is CSNc1ccc2c(c1)SC=C(c1c(O)c(C(C)C)nn(CCC(C)C)c1=O)N2. The Hall–Kier alpha value is -2.06. The second-order valence-corrected chi connectivity index (χ2v) is 9.29. The molecule has 29 heavy (non-hydrogen) atoms. The number of nitrogens with zero attached hydrogens (tertiary/aromatic N) is 2. The van der Waals surface area contributed by atoms with Gasteiger partial charge in [-0.05, 0) is 30.5 Å². The molecule has 1 aliphatic heterocycles. The van der Waals surface area contributed by atoms with Crippen molar-refractivity contribution in [1.82, 2.24) is 9.78 Å². The van der Waals surface area contributed by atoms with Crippen molar-refractivity contribution >= 4 is 40.8 Å². The summed E-state index contributed by atoms with van der Waals surface area (Å²) in [5, 5.41) is 20.5. The van der Waals surface area contributed by atoms with Crippen LogP contribution in [0.2, 0.25) is 0 Å². The number of aryl methyl sites for hydroxylation is 1. The van der Waals surface area contributed by atoms with Gasteiger partial charge >= 0.3 is 0 Å². The fourth-order valence-corrected chi connectivity index (χ4v) is 4.29. The lowest BCUT2D eigenvalue weighted by Gasteiger charge is -2.22. The fourth-order valence-electron chi connectivity index (χ4n) is 3.07. The molecule has 0 radical (unpaired) electrons. The Kier molecular flexibility index (Phi) is 6.85. The van der Waals surface area contributed by atoms with E-state index in [-0.39, 0.29) is 22.8 Å². The lowest BCUT2D eigenvalue weighted by atomic mass is 10.0. The van der Waals surface area contributed by atoms with Crippen molar-refractivity contribution in [2.75, 3.05) is 16.3 Å². The molecule has 3 rings (SSSR count). The van der Waals surface area contributed by atoms with E-state index < -0.39 is 0 Å². The molecule has 8 heteroatoms. The molecule has 156 valence electrons. The number of hydrogen-bond acceptors (Lipinski definition) is 7. The zero-order chi connectivity index (χ0) is 21.1. The molecule has 6 nitrogen and oxygen atoms in total. The third-order valence-corrected chi connectivity index (χ3v) is 6.05. The summed E-state index contributed by atoms with van der Waals surface area (Å²) in [6.07, 6.45) is 2.83. The topological polar surface area (TPSA) is 79.2 Å². The van der Waals surface area contributed by atoms with E-state index in [1.807, 2.05) is 37.6 Å². The highest BCUT2D eigenvalue weighted by Crippen LogP contribution is 2.40. The summed E-state index contributed by atoms with van der Waals surface area (Å²) in [6, 6.07) is 6.02. The molecule has 0 amide bonds. The summed E-state index contributed by atoms with van der Waals surface area (Å²) in [7, 11) is 0. The molecule has 0 unspecified atom stereocenters. The minimum atomic E-state index is -0.268. The van der Waals surface area contributed by atoms with Crippen molar-refractivity contribution in [1.29, 1.82) is 0 Å². The van der Waals surface area contributed by atoms with E-state index in [0.717, 1.165) is 22.7 Å². The van der Waals surface area contributed by atoms with E-state index in [2.05, 4.69) is 35.1 Å². The zero-order valence-corrected chi connectivity index (χ0v) is 19.1. The summed E-state index contributed by atoms with van der Waals surface area (Å²) in [6.45, 7) is 8.71. The van der Waals surface area contributed by atoms with Crippen molar-refractivity contribution in [3.63, 3.8) is 0 Å². The molecule has 2 heterocycles. The van der Waals surface area contributed by atoms with Gasteiger partial charge in [0.15, 0.2) is 5.75 Å². The van der Waals surface area contributed by atoms with Crippen LogP contribution in [-0.4, -0.2) is 21.1 Å². The molecule has 1 aliphatic rings. The van der Waals surface area contributed by atoms with Crippen LogP contribution < -0.4 is 15.6 Å². The number of nitrogens with one attached hydrogen (secondary N) is 2. The molecule has 0 aliphatic carbocycles. The molecule has 3 N–H and O–H groups in total. The van der Waals surface area contributed by atoms with Crippen LogP contribution in [-0.2, 0) is 6.54 Å². The largest absolute Gasteiger partial charge is 0.505 e. The van der Waals surface area contributed by atoms with Gasteiger partial charge in [-0.1, -0.05) is 51.4 Å². The summed E-state index contributed by atoms with van der Waals surface area (Å²) in [5.74, 6) is 0.431. The van der Waals surface area contributed by atoms with Gasteiger partial charge in [0.05, 0.1) is 11.4 Å². The van der Waals surface area contributed by atoms with Crippen molar-refractivity contribution < 1.29 is 5.11 Å². The monoisotopic (exact) mass is 432 g/mol. The lowest BCUT2D eigenvalue weighted by Crippen LogP contribution is -2.29. The maximum Gasteiger partial charge on any atom is 0.279 e. The number of fused-ring (bicyclic) bond motifs is 1. The molecule has 0 atom stereocenters. The zero-order valence-electron chi connectivity index (χ0n) is 17.4. The molecule has 0 bridgehead atoms. The van der Waals surface area contributed by atoms with Crippen LogP contribution in [0.3, 0.4) is 0 Å². The number of anilines is 2.